The first kappa shape index (κ1) is 15.7. The Morgan fingerprint density at radius 2 is 1.75 bits per heavy atom. The van der Waals surface area contributed by atoms with Gasteiger partial charge in [0.1, 0.15) is 11.7 Å². The second-order valence-corrected chi connectivity index (χ2v) is 10.7. The van der Waals surface area contributed by atoms with Crippen molar-refractivity contribution in [3.63, 3.8) is 0 Å². The van der Waals surface area contributed by atoms with Crippen molar-refractivity contribution in [1.82, 2.24) is 0 Å². The van der Waals surface area contributed by atoms with Gasteiger partial charge in [-0.25, -0.2) is 0 Å². The van der Waals surface area contributed by atoms with Crippen LogP contribution in [-0.2, 0) is 4.43 Å². The molecule has 0 radical (unpaired) electrons. The van der Waals surface area contributed by atoms with E-state index in [1.54, 1.807) is 0 Å². The predicted molar refractivity (Wildman–Crippen MR) is 68.6 cm³/mol. The normalized spacial score (nSPS) is 18.7. The van der Waals surface area contributed by atoms with Gasteiger partial charge in [-0.05, 0) is 25.1 Å². The van der Waals surface area contributed by atoms with Gasteiger partial charge in [0.05, 0.1) is 6.61 Å². The summed E-state index contributed by atoms with van der Waals surface area (Å²) in [4.78, 5) is 0. The highest BCUT2D eigenvalue weighted by Gasteiger charge is 2.43. The van der Waals surface area contributed by atoms with E-state index in [9.17, 15) is 5.11 Å². The van der Waals surface area contributed by atoms with E-state index in [4.69, 9.17) is 16.0 Å². The lowest BCUT2D eigenvalue weighted by atomic mass is 10.0. The van der Waals surface area contributed by atoms with E-state index in [1.165, 1.54) is 6.92 Å². The highest BCUT2D eigenvalue weighted by Crippen LogP contribution is 2.38. The molecule has 0 saturated heterocycles. The van der Waals surface area contributed by atoms with Crippen molar-refractivity contribution in [3.8, 4) is 12.3 Å². The Hall–Kier alpha value is -0.343. The second-order valence-electron chi connectivity index (χ2n) is 5.94. The zero-order chi connectivity index (χ0) is 13.2. The molecule has 0 aliphatic carbocycles. The van der Waals surface area contributed by atoms with Crippen LogP contribution in [0.5, 0.6) is 0 Å². The highest BCUT2D eigenvalue weighted by molar-refractivity contribution is 6.74. The zero-order valence-electron chi connectivity index (χ0n) is 11.2. The van der Waals surface area contributed by atoms with Crippen LogP contribution in [0, 0.1) is 12.3 Å². The molecule has 0 fully saturated rings. The summed E-state index contributed by atoms with van der Waals surface area (Å²) in [5, 5.41) is 19.0. The molecule has 0 aliphatic heterocycles. The van der Waals surface area contributed by atoms with Gasteiger partial charge >= 0.3 is 0 Å². The van der Waals surface area contributed by atoms with Crippen molar-refractivity contribution in [3.05, 3.63) is 0 Å². The molecule has 0 aromatic carbocycles. The van der Waals surface area contributed by atoms with E-state index in [1.807, 2.05) is 0 Å². The van der Waals surface area contributed by atoms with E-state index in [2.05, 4.69) is 39.8 Å². The van der Waals surface area contributed by atoms with Gasteiger partial charge in [-0.15, -0.1) is 6.42 Å². The maximum absolute atomic E-state index is 9.92. The molecule has 0 aromatic rings. The quantitative estimate of drug-likeness (QED) is 0.585. The summed E-state index contributed by atoms with van der Waals surface area (Å²) in [5.41, 5.74) is -1.38. The van der Waals surface area contributed by atoms with Crippen LogP contribution in [0.1, 0.15) is 27.7 Å². The molecule has 0 bridgehead atoms. The maximum atomic E-state index is 9.92. The average Bonchev–Trinajstić information content (AvgIpc) is 2.12. The van der Waals surface area contributed by atoms with E-state index in [-0.39, 0.29) is 5.04 Å². The van der Waals surface area contributed by atoms with Crippen LogP contribution in [0.2, 0.25) is 18.1 Å². The van der Waals surface area contributed by atoms with Gasteiger partial charge < -0.3 is 14.6 Å². The Kier molecular flexibility index (Phi) is 4.78. The fourth-order valence-electron chi connectivity index (χ4n) is 0.895. The van der Waals surface area contributed by atoms with Crippen LogP contribution in [0.15, 0.2) is 0 Å². The Morgan fingerprint density at radius 3 is 2.00 bits per heavy atom. The van der Waals surface area contributed by atoms with Crippen molar-refractivity contribution in [2.75, 3.05) is 6.61 Å². The first-order valence-corrected chi connectivity index (χ1v) is 8.36. The lowest BCUT2D eigenvalue weighted by Crippen LogP contribution is -2.52. The number of hydrogen-bond acceptors (Lipinski definition) is 3. The van der Waals surface area contributed by atoms with Crippen LogP contribution < -0.4 is 0 Å². The molecule has 0 saturated carbocycles. The van der Waals surface area contributed by atoms with Gasteiger partial charge in [-0.3, -0.25) is 0 Å². The zero-order valence-corrected chi connectivity index (χ0v) is 12.2. The first-order chi connectivity index (χ1) is 6.98. The molecule has 94 valence electrons. The van der Waals surface area contributed by atoms with Gasteiger partial charge in [0.2, 0.25) is 0 Å². The predicted octanol–water partition coefficient (Wildman–Crippen LogP) is 1.75. The largest absolute Gasteiger partial charge is 0.401 e. The van der Waals surface area contributed by atoms with E-state index in [0.29, 0.717) is 0 Å². The third kappa shape index (κ3) is 3.60. The van der Waals surface area contributed by atoms with E-state index >= 15 is 0 Å². The van der Waals surface area contributed by atoms with Crippen LogP contribution in [0.4, 0.5) is 0 Å². The Bertz CT molecular complexity index is 271. The van der Waals surface area contributed by atoms with Crippen LogP contribution >= 0.6 is 0 Å². The van der Waals surface area contributed by atoms with Crippen molar-refractivity contribution >= 4 is 8.32 Å². The minimum absolute atomic E-state index is 0.0215. The van der Waals surface area contributed by atoms with Gasteiger partial charge in [-0.2, -0.15) is 0 Å². The smallest absolute Gasteiger partial charge is 0.193 e. The molecule has 3 nitrogen and oxygen atoms in total. The summed E-state index contributed by atoms with van der Waals surface area (Å²) in [7, 11) is -2.03. The summed E-state index contributed by atoms with van der Waals surface area (Å²) in [6.07, 6.45) is 4.60. The van der Waals surface area contributed by atoms with Gasteiger partial charge in [0.15, 0.2) is 8.32 Å². The minimum atomic E-state index is -2.03. The molecule has 0 rings (SSSR count). The standard InChI is InChI=1S/C12H24O3Si/c1-8-10(12(5,14)9-13)15-16(6,7)11(2,3)4/h1,10,13-14H,9H2,2-7H3/t10-,12+/m1/s1. The van der Waals surface area contributed by atoms with Gasteiger partial charge in [-0.1, -0.05) is 26.7 Å². The average molecular weight is 244 g/mol. The first-order valence-electron chi connectivity index (χ1n) is 5.45. The molecule has 0 aromatic heterocycles. The maximum Gasteiger partial charge on any atom is 0.193 e. The monoisotopic (exact) mass is 244 g/mol. The number of aliphatic hydroxyl groups excluding tert-OH is 1. The van der Waals surface area contributed by atoms with Crippen LogP contribution in [0.3, 0.4) is 0 Å². The highest BCUT2D eigenvalue weighted by atomic mass is 28.4. The summed E-state index contributed by atoms with van der Waals surface area (Å²) in [5.74, 6) is 2.42. The van der Waals surface area contributed by atoms with Gasteiger partial charge in [0, 0.05) is 0 Å². The lowest BCUT2D eigenvalue weighted by Gasteiger charge is -2.41. The topological polar surface area (TPSA) is 49.7 Å². The number of rotatable bonds is 4. The second kappa shape index (κ2) is 4.88. The van der Waals surface area contributed by atoms with Gasteiger partial charge in [0.25, 0.3) is 0 Å². The van der Waals surface area contributed by atoms with Crippen molar-refractivity contribution in [2.24, 2.45) is 0 Å². The molecule has 4 heteroatoms. The molecule has 0 spiro atoms. The molecule has 2 N–H and O–H groups in total. The van der Waals surface area contributed by atoms with E-state index < -0.39 is 26.6 Å². The third-order valence-corrected chi connectivity index (χ3v) is 7.69. The van der Waals surface area contributed by atoms with E-state index in [0.717, 1.165) is 0 Å². The molecule has 0 amide bonds. The Labute approximate surface area is 100.0 Å². The molecular formula is C12H24O3Si. The molecule has 0 unspecified atom stereocenters. The number of hydrogen-bond donors (Lipinski definition) is 2. The third-order valence-electron chi connectivity index (χ3n) is 3.25. The molecular weight excluding hydrogens is 220 g/mol. The Morgan fingerprint density at radius 1 is 1.31 bits per heavy atom. The van der Waals surface area contributed by atoms with Crippen molar-refractivity contribution in [2.45, 2.75) is 57.5 Å². The van der Waals surface area contributed by atoms with Crippen molar-refractivity contribution in [1.29, 1.82) is 0 Å². The number of aliphatic hydroxyl groups is 2. The summed E-state index contributed by atoms with van der Waals surface area (Å²) in [6.45, 7) is 11.5. The van der Waals surface area contributed by atoms with Crippen molar-refractivity contribution < 1.29 is 14.6 Å². The Balaban J connectivity index is 4.90. The molecule has 0 heterocycles. The summed E-state index contributed by atoms with van der Waals surface area (Å²) >= 11 is 0. The molecule has 0 aliphatic rings. The fourth-order valence-corrected chi connectivity index (χ4v) is 2.16. The molecule has 2 atom stereocenters. The molecule has 16 heavy (non-hydrogen) atoms. The summed E-state index contributed by atoms with van der Waals surface area (Å²) in [6, 6.07) is 0. The minimum Gasteiger partial charge on any atom is -0.401 e. The van der Waals surface area contributed by atoms with Crippen LogP contribution in [-0.4, -0.2) is 36.8 Å². The summed E-state index contributed by atoms with van der Waals surface area (Å²) < 4.78 is 5.90. The fraction of sp³-hybridized carbons (Fsp3) is 0.833. The SMILES string of the molecule is C#C[C@@H](O[Si](C)(C)C(C)(C)C)[C@@](C)(O)CO. The van der Waals surface area contributed by atoms with Crippen LogP contribution in [0.25, 0.3) is 0 Å². The lowest BCUT2D eigenvalue weighted by molar-refractivity contribution is -0.0630. The number of terminal acetylenes is 1.